The third-order valence-electron chi connectivity index (χ3n) is 1.94. The van der Waals surface area contributed by atoms with Gasteiger partial charge >= 0.3 is 0 Å². The van der Waals surface area contributed by atoms with Gasteiger partial charge < -0.3 is 14.9 Å². The molecule has 0 aliphatic heterocycles. The lowest BCUT2D eigenvalue weighted by molar-refractivity contribution is 0.292. The quantitative estimate of drug-likeness (QED) is 0.690. The lowest BCUT2D eigenvalue weighted by Crippen LogP contribution is -2.19. The maximum atomic E-state index is 8.67. The molecule has 1 aromatic rings. The van der Waals surface area contributed by atoms with Crippen molar-refractivity contribution in [3.8, 4) is 0 Å². The third-order valence-corrected chi connectivity index (χ3v) is 1.94. The number of hydrogen-bond donors (Lipinski definition) is 2. The fourth-order valence-corrected chi connectivity index (χ4v) is 1.12. The summed E-state index contributed by atoms with van der Waals surface area (Å²) in [6.45, 7) is 5.90. The summed E-state index contributed by atoms with van der Waals surface area (Å²) in [6, 6.07) is 0. The first-order valence-electron chi connectivity index (χ1n) is 4.92. The van der Waals surface area contributed by atoms with Crippen LogP contribution in [0.25, 0.3) is 0 Å². The van der Waals surface area contributed by atoms with Gasteiger partial charge in [0.05, 0.1) is 6.61 Å². The Morgan fingerprint density at radius 3 is 3.00 bits per heavy atom. The molecular weight excluding hydrogens is 182 g/mol. The standard InChI is InChI=1S/C9H17N3O2/c1-3-10-6-7(2)9-11-8(4-5-13)12-14-9/h7,10,13H,3-6H2,1-2H3. The van der Waals surface area contributed by atoms with Gasteiger partial charge in [-0.15, -0.1) is 0 Å². The molecule has 0 saturated carbocycles. The van der Waals surface area contributed by atoms with Crippen molar-refractivity contribution in [2.45, 2.75) is 26.2 Å². The van der Waals surface area contributed by atoms with Gasteiger partial charge in [0, 0.05) is 18.9 Å². The summed E-state index contributed by atoms with van der Waals surface area (Å²) in [7, 11) is 0. The van der Waals surface area contributed by atoms with Crippen LogP contribution in [0.15, 0.2) is 4.52 Å². The monoisotopic (exact) mass is 199 g/mol. The van der Waals surface area contributed by atoms with Gasteiger partial charge in [-0.05, 0) is 6.54 Å². The van der Waals surface area contributed by atoms with Gasteiger partial charge in [0.15, 0.2) is 5.82 Å². The predicted octanol–water partition coefficient (Wildman–Crippen LogP) is 0.317. The molecule has 80 valence electrons. The molecule has 1 rings (SSSR count). The molecule has 0 spiro atoms. The number of likely N-dealkylation sites (N-methyl/N-ethyl adjacent to an activating group) is 1. The smallest absolute Gasteiger partial charge is 0.230 e. The van der Waals surface area contributed by atoms with E-state index < -0.39 is 0 Å². The first-order chi connectivity index (χ1) is 6.77. The Balaban J connectivity index is 2.48. The molecule has 5 heteroatoms. The van der Waals surface area contributed by atoms with E-state index in [1.807, 2.05) is 6.92 Å². The van der Waals surface area contributed by atoms with Gasteiger partial charge in [-0.25, -0.2) is 0 Å². The molecule has 0 aromatic carbocycles. The van der Waals surface area contributed by atoms with Crippen molar-refractivity contribution in [3.63, 3.8) is 0 Å². The summed E-state index contributed by atoms with van der Waals surface area (Å²) in [5, 5.41) is 15.6. The van der Waals surface area contributed by atoms with Crippen LogP contribution >= 0.6 is 0 Å². The zero-order valence-electron chi connectivity index (χ0n) is 8.66. The maximum Gasteiger partial charge on any atom is 0.230 e. The molecule has 0 aliphatic carbocycles. The highest BCUT2D eigenvalue weighted by atomic mass is 16.5. The Morgan fingerprint density at radius 1 is 1.57 bits per heavy atom. The van der Waals surface area contributed by atoms with Crippen molar-refractivity contribution in [3.05, 3.63) is 11.7 Å². The van der Waals surface area contributed by atoms with E-state index >= 15 is 0 Å². The molecule has 0 aliphatic rings. The number of nitrogens with one attached hydrogen (secondary N) is 1. The molecule has 1 aromatic heterocycles. The number of nitrogens with zero attached hydrogens (tertiary/aromatic N) is 2. The van der Waals surface area contributed by atoms with Gasteiger partial charge in [-0.2, -0.15) is 4.98 Å². The zero-order valence-corrected chi connectivity index (χ0v) is 8.66. The van der Waals surface area contributed by atoms with E-state index in [1.54, 1.807) is 0 Å². The summed E-state index contributed by atoms with van der Waals surface area (Å²) in [5.41, 5.74) is 0. The molecular formula is C9H17N3O2. The van der Waals surface area contributed by atoms with Crippen molar-refractivity contribution in [1.82, 2.24) is 15.5 Å². The van der Waals surface area contributed by atoms with Gasteiger partial charge in [0.25, 0.3) is 0 Å². The minimum absolute atomic E-state index is 0.0561. The van der Waals surface area contributed by atoms with E-state index in [9.17, 15) is 0 Å². The highest BCUT2D eigenvalue weighted by Crippen LogP contribution is 2.11. The maximum absolute atomic E-state index is 8.67. The van der Waals surface area contributed by atoms with Crippen molar-refractivity contribution in [1.29, 1.82) is 0 Å². The minimum Gasteiger partial charge on any atom is -0.396 e. The first kappa shape index (κ1) is 11.1. The van der Waals surface area contributed by atoms with Crippen molar-refractivity contribution < 1.29 is 9.63 Å². The lowest BCUT2D eigenvalue weighted by atomic mass is 10.2. The van der Waals surface area contributed by atoms with Crippen LogP contribution in [0.4, 0.5) is 0 Å². The van der Waals surface area contributed by atoms with Crippen LogP contribution in [0.1, 0.15) is 31.5 Å². The second-order valence-electron chi connectivity index (χ2n) is 3.23. The zero-order chi connectivity index (χ0) is 10.4. The Bertz CT molecular complexity index is 262. The van der Waals surface area contributed by atoms with E-state index in [0.717, 1.165) is 13.1 Å². The molecule has 14 heavy (non-hydrogen) atoms. The topological polar surface area (TPSA) is 71.2 Å². The lowest BCUT2D eigenvalue weighted by Gasteiger charge is -2.05. The Morgan fingerprint density at radius 2 is 2.36 bits per heavy atom. The van der Waals surface area contributed by atoms with Crippen LogP contribution in [0, 0.1) is 0 Å². The minimum atomic E-state index is 0.0561. The van der Waals surface area contributed by atoms with Gasteiger partial charge in [0.2, 0.25) is 5.89 Å². The van der Waals surface area contributed by atoms with Crippen LogP contribution in [-0.2, 0) is 6.42 Å². The molecule has 2 N–H and O–H groups in total. The van der Waals surface area contributed by atoms with Gasteiger partial charge in [-0.1, -0.05) is 19.0 Å². The van der Waals surface area contributed by atoms with E-state index in [1.165, 1.54) is 0 Å². The van der Waals surface area contributed by atoms with Crippen LogP contribution < -0.4 is 5.32 Å². The molecule has 5 nitrogen and oxygen atoms in total. The largest absolute Gasteiger partial charge is 0.396 e. The van der Waals surface area contributed by atoms with Crippen molar-refractivity contribution in [2.75, 3.05) is 19.7 Å². The highest BCUT2D eigenvalue weighted by molar-refractivity contribution is 4.93. The van der Waals surface area contributed by atoms with Gasteiger partial charge in [-0.3, -0.25) is 0 Å². The Kier molecular flexibility index (Phi) is 4.55. The second-order valence-corrected chi connectivity index (χ2v) is 3.23. The predicted molar refractivity (Wildman–Crippen MR) is 52.0 cm³/mol. The normalized spacial score (nSPS) is 13.1. The van der Waals surface area contributed by atoms with E-state index in [0.29, 0.717) is 18.1 Å². The number of rotatable bonds is 6. The Labute approximate surface area is 83.5 Å². The molecule has 0 bridgehead atoms. The van der Waals surface area contributed by atoms with Crippen LogP contribution in [0.2, 0.25) is 0 Å². The average molecular weight is 199 g/mol. The van der Waals surface area contributed by atoms with Crippen LogP contribution in [-0.4, -0.2) is 34.9 Å². The SMILES string of the molecule is CCNCC(C)c1nc(CCO)no1. The number of aliphatic hydroxyl groups is 1. The van der Waals surface area contributed by atoms with E-state index in [2.05, 4.69) is 22.4 Å². The molecule has 0 saturated heterocycles. The highest BCUT2D eigenvalue weighted by Gasteiger charge is 2.12. The van der Waals surface area contributed by atoms with Crippen LogP contribution in [0.5, 0.6) is 0 Å². The van der Waals surface area contributed by atoms with Gasteiger partial charge in [0.1, 0.15) is 0 Å². The molecule has 1 heterocycles. The fourth-order valence-electron chi connectivity index (χ4n) is 1.12. The summed E-state index contributed by atoms with van der Waals surface area (Å²) >= 11 is 0. The molecule has 0 radical (unpaired) electrons. The number of aromatic nitrogens is 2. The summed E-state index contributed by atoms with van der Waals surface area (Å²) in [5.74, 6) is 1.43. The molecule has 0 fully saturated rings. The van der Waals surface area contributed by atoms with Crippen LogP contribution in [0.3, 0.4) is 0 Å². The second kappa shape index (κ2) is 5.72. The van der Waals surface area contributed by atoms with E-state index in [4.69, 9.17) is 9.63 Å². The summed E-state index contributed by atoms with van der Waals surface area (Å²) in [4.78, 5) is 4.18. The summed E-state index contributed by atoms with van der Waals surface area (Å²) < 4.78 is 5.06. The molecule has 0 amide bonds. The third kappa shape index (κ3) is 3.08. The fraction of sp³-hybridized carbons (Fsp3) is 0.778. The number of aliphatic hydroxyl groups excluding tert-OH is 1. The average Bonchev–Trinajstić information content (AvgIpc) is 2.63. The Hall–Kier alpha value is -0.940. The number of hydrogen-bond acceptors (Lipinski definition) is 5. The summed E-state index contributed by atoms with van der Waals surface area (Å²) in [6.07, 6.45) is 0.456. The van der Waals surface area contributed by atoms with Crippen molar-refractivity contribution in [2.24, 2.45) is 0 Å². The molecule has 1 atom stereocenters. The van der Waals surface area contributed by atoms with E-state index in [-0.39, 0.29) is 12.5 Å². The first-order valence-corrected chi connectivity index (χ1v) is 4.92. The van der Waals surface area contributed by atoms with Crippen molar-refractivity contribution >= 4 is 0 Å². The molecule has 1 unspecified atom stereocenters.